The Morgan fingerprint density at radius 3 is 2.19 bits per heavy atom. The first-order valence-electron chi connectivity index (χ1n) is 5.83. The van der Waals surface area contributed by atoms with Crippen molar-refractivity contribution >= 4 is 0 Å². The molecule has 0 bridgehead atoms. The lowest BCUT2D eigenvalue weighted by Crippen LogP contribution is -2.11. The van der Waals surface area contributed by atoms with Crippen LogP contribution in [0.25, 0.3) is 0 Å². The maximum absolute atomic E-state index is 8.46. The van der Waals surface area contributed by atoms with Crippen LogP contribution < -0.4 is 0 Å². The summed E-state index contributed by atoms with van der Waals surface area (Å²) in [6.07, 6.45) is 1.68. The van der Waals surface area contributed by atoms with Crippen LogP contribution in [0.2, 0.25) is 0 Å². The Balaban J connectivity index is 2.58. The molecule has 1 N–H and O–H groups in total. The summed E-state index contributed by atoms with van der Waals surface area (Å²) in [6.45, 7) is 8.50. The van der Waals surface area contributed by atoms with Crippen LogP contribution in [0.4, 0.5) is 0 Å². The summed E-state index contributed by atoms with van der Waals surface area (Å²) in [6, 6.07) is 8.68. The molecule has 0 aromatic heterocycles. The molecule has 2 nitrogen and oxygen atoms in total. The van der Waals surface area contributed by atoms with Gasteiger partial charge in [0.25, 0.3) is 0 Å². The van der Waals surface area contributed by atoms with Gasteiger partial charge in [-0.3, -0.25) is 5.26 Å². The fourth-order valence-electron chi connectivity index (χ4n) is 1.59. The zero-order chi connectivity index (χ0) is 12.2. The number of hydrogen-bond acceptors (Lipinski definition) is 2. The summed E-state index contributed by atoms with van der Waals surface area (Å²) >= 11 is 0. The normalized spacial score (nSPS) is 13.8. The van der Waals surface area contributed by atoms with E-state index in [0.717, 1.165) is 12.8 Å². The van der Waals surface area contributed by atoms with E-state index in [4.69, 9.17) is 5.26 Å². The molecule has 1 rings (SSSR count). The first-order valence-corrected chi connectivity index (χ1v) is 5.83. The van der Waals surface area contributed by atoms with Crippen molar-refractivity contribution in [3.63, 3.8) is 0 Å². The summed E-state index contributed by atoms with van der Waals surface area (Å²) in [7, 11) is 0. The Hall–Kier alpha value is -0.860. The lowest BCUT2D eigenvalue weighted by molar-refractivity contribution is -0.274. The smallest absolute Gasteiger partial charge is 0.0902 e. The van der Waals surface area contributed by atoms with Crippen LogP contribution in [0.15, 0.2) is 24.3 Å². The van der Waals surface area contributed by atoms with Crippen LogP contribution in [-0.4, -0.2) is 11.4 Å². The standard InChI is InChI=1S/C14H22O2/c1-11(16-15)5-6-12-7-9-13(10-8-12)14(2,3)4/h7-11,15H,5-6H2,1-4H3. The van der Waals surface area contributed by atoms with Gasteiger partial charge in [-0.2, -0.15) is 0 Å². The predicted octanol–water partition coefficient (Wildman–Crippen LogP) is 3.79. The molecule has 90 valence electrons. The molecule has 0 heterocycles. The average Bonchev–Trinajstić information content (AvgIpc) is 2.25. The molecule has 0 amide bonds. The molecular weight excluding hydrogens is 200 g/mol. The summed E-state index contributed by atoms with van der Waals surface area (Å²) in [5.74, 6) is 0. The van der Waals surface area contributed by atoms with Crippen LogP contribution in [0.1, 0.15) is 45.2 Å². The highest BCUT2D eigenvalue weighted by Gasteiger charge is 2.12. The third-order valence-electron chi connectivity index (χ3n) is 2.84. The fraction of sp³-hybridized carbons (Fsp3) is 0.571. The zero-order valence-corrected chi connectivity index (χ0v) is 10.7. The molecule has 1 aromatic rings. The van der Waals surface area contributed by atoms with E-state index < -0.39 is 0 Å². The van der Waals surface area contributed by atoms with Gasteiger partial charge in [-0.25, -0.2) is 4.89 Å². The summed E-state index contributed by atoms with van der Waals surface area (Å²) in [4.78, 5) is 4.25. The first-order chi connectivity index (χ1) is 7.43. The van der Waals surface area contributed by atoms with Crippen LogP contribution in [0, 0.1) is 0 Å². The van der Waals surface area contributed by atoms with Gasteiger partial charge < -0.3 is 0 Å². The molecule has 0 radical (unpaired) electrons. The molecule has 0 saturated carbocycles. The lowest BCUT2D eigenvalue weighted by atomic mass is 9.86. The Kier molecular flexibility index (Phi) is 4.51. The van der Waals surface area contributed by atoms with E-state index in [2.05, 4.69) is 49.9 Å². The van der Waals surface area contributed by atoms with Gasteiger partial charge in [0.2, 0.25) is 0 Å². The zero-order valence-electron chi connectivity index (χ0n) is 10.7. The van der Waals surface area contributed by atoms with Crippen molar-refractivity contribution < 1.29 is 10.1 Å². The van der Waals surface area contributed by atoms with E-state index in [9.17, 15) is 0 Å². The molecule has 0 aliphatic rings. The Bertz CT molecular complexity index is 309. The number of aryl methyl sites for hydroxylation is 1. The molecular formula is C14H22O2. The van der Waals surface area contributed by atoms with E-state index in [1.807, 2.05) is 6.92 Å². The third-order valence-corrected chi connectivity index (χ3v) is 2.84. The molecule has 1 aromatic carbocycles. The maximum Gasteiger partial charge on any atom is 0.0902 e. The lowest BCUT2D eigenvalue weighted by Gasteiger charge is -2.19. The van der Waals surface area contributed by atoms with Gasteiger partial charge in [0, 0.05) is 0 Å². The number of hydrogen-bond donors (Lipinski definition) is 1. The molecule has 0 saturated heterocycles. The van der Waals surface area contributed by atoms with Crippen molar-refractivity contribution in [3.8, 4) is 0 Å². The minimum Gasteiger partial charge on any atom is -0.252 e. The molecule has 1 atom stereocenters. The second-order valence-electron chi connectivity index (χ2n) is 5.40. The highest BCUT2D eigenvalue weighted by atomic mass is 17.1. The topological polar surface area (TPSA) is 29.5 Å². The van der Waals surface area contributed by atoms with Crippen LogP contribution >= 0.6 is 0 Å². The fourth-order valence-corrected chi connectivity index (χ4v) is 1.59. The molecule has 0 aliphatic carbocycles. The van der Waals surface area contributed by atoms with Crippen molar-refractivity contribution in [1.82, 2.24) is 0 Å². The van der Waals surface area contributed by atoms with E-state index in [-0.39, 0.29) is 11.5 Å². The Labute approximate surface area is 98.2 Å². The minimum absolute atomic E-state index is 0.0951. The average molecular weight is 222 g/mol. The quantitative estimate of drug-likeness (QED) is 0.620. The maximum atomic E-state index is 8.46. The van der Waals surface area contributed by atoms with Gasteiger partial charge in [0.15, 0.2) is 0 Å². The molecule has 0 fully saturated rings. The summed E-state index contributed by atoms with van der Waals surface area (Å²) in [5, 5.41) is 8.46. The van der Waals surface area contributed by atoms with Gasteiger partial charge in [-0.15, -0.1) is 0 Å². The van der Waals surface area contributed by atoms with Crippen molar-refractivity contribution in [2.45, 2.75) is 52.1 Å². The molecule has 1 unspecified atom stereocenters. The molecule has 2 heteroatoms. The summed E-state index contributed by atoms with van der Waals surface area (Å²) < 4.78 is 0. The third kappa shape index (κ3) is 3.95. The Morgan fingerprint density at radius 1 is 1.19 bits per heavy atom. The predicted molar refractivity (Wildman–Crippen MR) is 66.6 cm³/mol. The summed E-state index contributed by atoms with van der Waals surface area (Å²) in [5.41, 5.74) is 2.85. The van der Waals surface area contributed by atoms with Gasteiger partial charge in [0.05, 0.1) is 6.10 Å². The largest absolute Gasteiger partial charge is 0.252 e. The van der Waals surface area contributed by atoms with Gasteiger partial charge in [-0.1, -0.05) is 45.0 Å². The van der Waals surface area contributed by atoms with Crippen molar-refractivity contribution in [3.05, 3.63) is 35.4 Å². The van der Waals surface area contributed by atoms with Gasteiger partial charge in [0.1, 0.15) is 0 Å². The molecule has 0 spiro atoms. The molecule has 16 heavy (non-hydrogen) atoms. The second kappa shape index (κ2) is 5.46. The monoisotopic (exact) mass is 222 g/mol. The molecule has 0 aliphatic heterocycles. The van der Waals surface area contributed by atoms with Crippen molar-refractivity contribution in [1.29, 1.82) is 0 Å². The van der Waals surface area contributed by atoms with Crippen molar-refractivity contribution in [2.75, 3.05) is 0 Å². The van der Waals surface area contributed by atoms with Crippen LogP contribution in [0.3, 0.4) is 0 Å². The van der Waals surface area contributed by atoms with Gasteiger partial charge >= 0.3 is 0 Å². The van der Waals surface area contributed by atoms with Gasteiger partial charge in [-0.05, 0) is 36.3 Å². The van der Waals surface area contributed by atoms with E-state index in [1.165, 1.54) is 11.1 Å². The number of rotatable bonds is 4. The minimum atomic E-state index is -0.0951. The van der Waals surface area contributed by atoms with E-state index in [0.29, 0.717) is 0 Å². The highest BCUT2D eigenvalue weighted by molar-refractivity contribution is 5.27. The highest BCUT2D eigenvalue weighted by Crippen LogP contribution is 2.22. The Morgan fingerprint density at radius 2 is 1.75 bits per heavy atom. The van der Waals surface area contributed by atoms with Crippen LogP contribution in [0.5, 0.6) is 0 Å². The first kappa shape index (κ1) is 13.2. The van der Waals surface area contributed by atoms with E-state index >= 15 is 0 Å². The SMILES string of the molecule is CC(CCc1ccc(C(C)(C)C)cc1)OO. The van der Waals surface area contributed by atoms with Crippen molar-refractivity contribution in [2.24, 2.45) is 0 Å². The van der Waals surface area contributed by atoms with E-state index in [1.54, 1.807) is 0 Å². The number of benzene rings is 1. The second-order valence-corrected chi connectivity index (χ2v) is 5.40. The van der Waals surface area contributed by atoms with Crippen LogP contribution in [-0.2, 0) is 16.7 Å².